The molecule has 0 saturated carbocycles. The van der Waals surface area contributed by atoms with Crippen LogP contribution in [0.3, 0.4) is 0 Å². The van der Waals surface area contributed by atoms with Gasteiger partial charge in [-0.1, -0.05) is 6.07 Å². The average molecular weight is 220 g/mol. The minimum atomic E-state index is -0.152. The highest BCUT2D eigenvalue weighted by atomic mass is 16.2. The maximum atomic E-state index is 11.5. The first-order chi connectivity index (χ1) is 7.40. The van der Waals surface area contributed by atoms with Gasteiger partial charge in [-0.2, -0.15) is 0 Å². The number of carbonyl (C=O) groups excluding carboxylic acids is 1. The lowest BCUT2D eigenvalue weighted by atomic mass is 10.1. The normalized spacial score (nSPS) is 10.4. The van der Waals surface area contributed by atoms with Crippen molar-refractivity contribution in [2.45, 2.75) is 40.7 Å². The van der Waals surface area contributed by atoms with Crippen molar-refractivity contribution in [3.8, 4) is 0 Å². The van der Waals surface area contributed by atoms with Gasteiger partial charge in [-0.3, -0.25) is 0 Å². The molecule has 88 valence electrons. The third-order valence-electron chi connectivity index (χ3n) is 2.51. The molecular weight excluding hydrogens is 200 g/mol. The Kier molecular flexibility index (Phi) is 3.93. The Bertz CT molecular complexity index is 397. The summed E-state index contributed by atoms with van der Waals surface area (Å²) in [5, 5.41) is 5.66. The first kappa shape index (κ1) is 12.6. The Labute approximate surface area is 97.2 Å². The number of hydrogen-bond acceptors (Lipinski definition) is 1. The third-order valence-corrected chi connectivity index (χ3v) is 2.51. The lowest BCUT2D eigenvalue weighted by Gasteiger charge is -2.13. The van der Waals surface area contributed by atoms with Crippen molar-refractivity contribution in [2.24, 2.45) is 0 Å². The lowest BCUT2D eigenvalue weighted by molar-refractivity contribution is 0.250. The summed E-state index contributed by atoms with van der Waals surface area (Å²) in [5.41, 5.74) is 4.39. The third kappa shape index (κ3) is 3.26. The molecule has 2 N–H and O–H groups in total. The second-order valence-electron chi connectivity index (χ2n) is 4.50. The maximum absolute atomic E-state index is 11.5. The molecule has 1 aromatic carbocycles. The van der Waals surface area contributed by atoms with Gasteiger partial charge in [-0.15, -0.1) is 0 Å². The monoisotopic (exact) mass is 220 g/mol. The molecule has 1 aromatic rings. The average Bonchev–Trinajstić information content (AvgIpc) is 2.12. The molecule has 0 fully saturated rings. The van der Waals surface area contributed by atoms with E-state index >= 15 is 0 Å². The van der Waals surface area contributed by atoms with Crippen LogP contribution in [0.1, 0.15) is 30.5 Å². The van der Waals surface area contributed by atoms with E-state index in [1.165, 1.54) is 11.1 Å². The molecule has 2 amide bonds. The molecule has 16 heavy (non-hydrogen) atoms. The molecule has 0 heterocycles. The van der Waals surface area contributed by atoms with Crippen LogP contribution in [0.4, 0.5) is 10.5 Å². The molecule has 1 rings (SSSR count). The fourth-order valence-electron chi connectivity index (χ4n) is 1.52. The Hall–Kier alpha value is -1.51. The van der Waals surface area contributed by atoms with Gasteiger partial charge in [0.15, 0.2) is 0 Å². The summed E-state index contributed by atoms with van der Waals surface area (Å²) in [6.07, 6.45) is 0. The minimum absolute atomic E-state index is 0.145. The van der Waals surface area contributed by atoms with Gasteiger partial charge in [-0.05, 0) is 57.4 Å². The fraction of sp³-hybridized carbons (Fsp3) is 0.462. The zero-order chi connectivity index (χ0) is 12.3. The molecule has 0 radical (unpaired) electrons. The predicted octanol–water partition coefficient (Wildman–Crippen LogP) is 3.14. The summed E-state index contributed by atoms with van der Waals surface area (Å²) < 4.78 is 0. The molecule has 0 aromatic heterocycles. The summed E-state index contributed by atoms with van der Waals surface area (Å²) in [6.45, 7) is 9.98. The molecule has 0 aliphatic carbocycles. The quantitative estimate of drug-likeness (QED) is 0.789. The first-order valence-electron chi connectivity index (χ1n) is 5.55. The van der Waals surface area contributed by atoms with Crippen molar-refractivity contribution in [1.29, 1.82) is 0 Å². The maximum Gasteiger partial charge on any atom is 0.319 e. The molecular formula is C13H20N2O. The first-order valence-corrected chi connectivity index (χ1v) is 5.55. The number of rotatable bonds is 2. The zero-order valence-corrected chi connectivity index (χ0v) is 10.6. The second kappa shape index (κ2) is 5.01. The number of amides is 2. The summed E-state index contributed by atoms with van der Waals surface area (Å²) in [5.74, 6) is 0. The molecule has 0 aliphatic heterocycles. The van der Waals surface area contributed by atoms with E-state index in [2.05, 4.69) is 23.6 Å². The highest BCUT2D eigenvalue weighted by Gasteiger charge is 2.06. The molecule has 0 aliphatic rings. The van der Waals surface area contributed by atoms with E-state index in [4.69, 9.17) is 0 Å². The van der Waals surface area contributed by atoms with Gasteiger partial charge in [0.2, 0.25) is 0 Å². The SMILES string of the molecule is Cc1cc(C)c(NC(=O)NC(C)C)cc1C. The lowest BCUT2D eigenvalue weighted by Crippen LogP contribution is -2.34. The zero-order valence-electron chi connectivity index (χ0n) is 10.6. The minimum Gasteiger partial charge on any atom is -0.336 e. The summed E-state index contributed by atoms with van der Waals surface area (Å²) in [4.78, 5) is 11.5. The summed E-state index contributed by atoms with van der Waals surface area (Å²) in [7, 11) is 0. The number of anilines is 1. The van der Waals surface area contributed by atoms with Crippen molar-refractivity contribution in [3.63, 3.8) is 0 Å². The molecule has 0 unspecified atom stereocenters. The van der Waals surface area contributed by atoms with Gasteiger partial charge in [0.25, 0.3) is 0 Å². The van der Waals surface area contributed by atoms with Crippen LogP contribution in [0.25, 0.3) is 0 Å². The van der Waals surface area contributed by atoms with E-state index < -0.39 is 0 Å². The van der Waals surface area contributed by atoms with E-state index in [-0.39, 0.29) is 12.1 Å². The van der Waals surface area contributed by atoms with Crippen molar-refractivity contribution < 1.29 is 4.79 Å². The van der Waals surface area contributed by atoms with Crippen LogP contribution in [0.5, 0.6) is 0 Å². The van der Waals surface area contributed by atoms with E-state index in [0.717, 1.165) is 11.3 Å². The van der Waals surface area contributed by atoms with Gasteiger partial charge in [0, 0.05) is 11.7 Å². The van der Waals surface area contributed by atoms with E-state index in [0.29, 0.717) is 0 Å². The van der Waals surface area contributed by atoms with Gasteiger partial charge in [0.1, 0.15) is 0 Å². The highest BCUT2D eigenvalue weighted by Crippen LogP contribution is 2.19. The van der Waals surface area contributed by atoms with Crippen molar-refractivity contribution in [2.75, 3.05) is 5.32 Å². The molecule has 0 spiro atoms. The molecule has 0 atom stereocenters. The Morgan fingerprint density at radius 3 is 2.19 bits per heavy atom. The number of nitrogens with one attached hydrogen (secondary N) is 2. The molecule has 3 heteroatoms. The summed E-state index contributed by atoms with van der Waals surface area (Å²) >= 11 is 0. The van der Waals surface area contributed by atoms with E-state index in [1.807, 2.05) is 33.8 Å². The largest absolute Gasteiger partial charge is 0.336 e. The van der Waals surface area contributed by atoms with Gasteiger partial charge < -0.3 is 10.6 Å². The van der Waals surface area contributed by atoms with Crippen molar-refractivity contribution in [1.82, 2.24) is 5.32 Å². The second-order valence-corrected chi connectivity index (χ2v) is 4.50. The highest BCUT2D eigenvalue weighted by molar-refractivity contribution is 5.90. The standard InChI is InChI=1S/C13H20N2O/c1-8(2)14-13(16)15-12-7-10(4)9(3)6-11(12)5/h6-8H,1-5H3,(H2,14,15,16). The Balaban J connectivity index is 2.81. The molecule has 0 bridgehead atoms. The van der Waals surface area contributed by atoms with Crippen molar-refractivity contribution in [3.05, 3.63) is 28.8 Å². The van der Waals surface area contributed by atoms with E-state index in [1.54, 1.807) is 0 Å². The number of aryl methyl sites for hydroxylation is 3. The van der Waals surface area contributed by atoms with Gasteiger partial charge in [-0.25, -0.2) is 4.79 Å². The topological polar surface area (TPSA) is 41.1 Å². The smallest absolute Gasteiger partial charge is 0.319 e. The Morgan fingerprint density at radius 1 is 1.06 bits per heavy atom. The van der Waals surface area contributed by atoms with E-state index in [9.17, 15) is 4.79 Å². The van der Waals surface area contributed by atoms with Gasteiger partial charge in [0.05, 0.1) is 0 Å². The molecule has 3 nitrogen and oxygen atoms in total. The van der Waals surface area contributed by atoms with Crippen LogP contribution in [0, 0.1) is 20.8 Å². The van der Waals surface area contributed by atoms with Gasteiger partial charge >= 0.3 is 6.03 Å². The number of benzene rings is 1. The number of carbonyl (C=O) groups is 1. The predicted molar refractivity (Wildman–Crippen MR) is 67.9 cm³/mol. The van der Waals surface area contributed by atoms with Crippen LogP contribution in [-0.4, -0.2) is 12.1 Å². The van der Waals surface area contributed by atoms with Crippen LogP contribution in [0.15, 0.2) is 12.1 Å². The van der Waals surface area contributed by atoms with Crippen LogP contribution >= 0.6 is 0 Å². The van der Waals surface area contributed by atoms with Crippen LogP contribution in [0.2, 0.25) is 0 Å². The number of hydrogen-bond donors (Lipinski definition) is 2. The molecule has 0 saturated heterocycles. The van der Waals surface area contributed by atoms with Crippen molar-refractivity contribution >= 4 is 11.7 Å². The summed E-state index contributed by atoms with van der Waals surface area (Å²) in [6, 6.07) is 4.08. The van der Waals surface area contributed by atoms with Crippen LogP contribution in [-0.2, 0) is 0 Å². The number of urea groups is 1. The fourth-order valence-corrected chi connectivity index (χ4v) is 1.52. The Morgan fingerprint density at radius 2 is 1.62 bits per heavy atom. The van der Waals surface area contributed by atoms with Crippen LogP contribution < -0.4 is 10.6 Å².